The lowest BCUT2D eigenvalue weighted by molar-refractivity contribution is -0.127. The van der Waals surface area contributed by atoms with Gasteiger partial charge >= 0.3 is 0 Å². The van der Waals surface area contributed by atoms with Crippen LogP contribution in [0.25, 0.3) is 0 Å². The minimum atomic E-state index is -3.75. The Morgan fingerprint density at radius 3 is 2.42 bits per heavy atom. The molecular weight excluding hydrogens is 412 g/mol. The van der Waals surface area contributed by atoms with Gasteiger partial charge in [-0.3, -0.25) is 9.52 Å². The van der Waals surface area contributed by atoms with Gasteiger partial charge in [-0.15, -0.1) is 0 Å². The summed E-state index contributed by atoms with van der Waals surface area (Å²) < 4.78 is 34.3. The summed E-state index contributed by atoms with van der Waals surface area (Å²) in [5, 5.41) is 0. The van der Waals surface area contributed by atoms with E-state index in [1.807, 2.05) is 32.9 Å². The highest BCUT2D eigenvalue weighted by molar-refractivity contribution is 7.92. The van der Waals surface area contributed by atoms with E-state index in [0.717, 1.165) is 18.4 Å². The Balaban J connectivity index is 1.94. The number of anilines is 2. The van der Waals surface area contributed by atoms with Crippen LogP contribution in [0.4, 0.5) is 11.4 Å². The molecule has 0 atom stereocenters. The summed E-state index contributed by atoms with van der Waals surface area (Å²) in [7, 11) is -3.75. The molecule has 0 spiro atoms. The first-order chi connectivity index (χ1) is 14.5. The van der Waals surface area contributed by atoms with Crippen LogP contribution in [0.15, 0.2) is 47.4 Å². The van der Waals surface area contributed by atoms with Crippen molar-refractivity contribution in [3.8, 4) is 5.75 Å². The molecule has 1 aliphatic heterocycles. The van der Waals surface area contributed by atoms with Crippen LogP contribution in [-0.4, -0.2) is 27.5 Å². The molecule has 0 radical (unpaired) electrons. The van der Waals surface area contributed by atoms with Crippen LogP contribution in [0, 0.1) is 11.3 Å². The van der Waals surface area contributed by atoms with Crippen molar-refractivity contribution in [2.75, 3.05) is 22.8 Å². The highest BCUT2D eigenvalue weighted by atomic mass is 32.2. The summed E-state index contributed by atoms with van der Waals surface area (Å²) in [6, 6.07) is 11.9. The van der Waals surface area contributed by atoms with Crippen LogP contribution in [0.3, 0.4) is 0 Å². The van der Waals surface area contributed by atoms with Gasteiger partial charge in [-0.1, -0.05) is 32.9 Å². The van der Waals surface area contributed by atoms with Gasteiger partial charge in [0.2, 0.25) is 5.91 Å². The van der Waals surface area contributed by atoms with Gasteiger partial charge in [0, 0.05) is 6.54 Å². The highest BCUT2D eigenvalue weighted by Crippen LogP contribution is 2.39. The van der Waals surface area contributed by atoms with Crippen molar-refractivity contribution >= 4 is 27.3 Å². The molecule has 0 bridgehead atoms. The molecule has 2 aromatic carbocycles. The second-order valence-electron chi connectivity index (χ2n) is 9.10. The molecule has 0 aromatic heterocycles. The minimum Gasteiger partial charge on any atom is -0.490 e. The number of nitrogens with zero attached hydrogens (tertiary/aromatic N) is 1. The van der Waals surface area contributed by atoms with E-state index in [-0.39, 0.29) is 17.4 Å². The fourth-order valence-electron chi connectivity index (χ4n) is 3.44. The molecule has 1 N–H and O–H groups in total. The van der Waals surface area contributed by atoms with Gasteiger partial charge < -0.3 is 9.64 Å². The number of fused-ring (bicyclic) bond motifs is 1. The lowest BCUT2D eigenvalue weighted by Crippen LogP contribution is -2.42. The normalized spacial score (nSPS) is 15.9. The first-order valence-electron chi connectivity index (χ1n) is 10.7. The van der Waals surface area contributed by atoms with E-state index in [1.165, 1.54) is 0 Å². The molecule has 0 unspecified atom stereocenters. The fraction of sp³-hybridized carbons (Fsp3) is 0.458. The van der Waals surface area contributed by atoms with Gasteiger partial charge in [-0.25, -0.2) is 8.42 Å². The van der Waals surface area contributed by atoms with Gasteiger partial charge in [0.05, 0.1) is 21.7 Å². The van der Waals surface area contributed by atoms with E-state index in [2.05, 4.69) is 18.6 Å². The number of nitrogens with one attached hydrogen (secondary N) is 1. The van der Waals surface area contributed by atoms with Crippen LogP contribution in [0.2, 0.25) is 0 Å². The summed E-state index contributed by atoms with van der Waals surface area (Å²) in [4.78, 5) is 15.2. The Morgan fingerprint density at radius 1 is 1.13 bits per heavy atom. The van der Waals surface area contributed by atoms with Gasteiger partial charge in [0.1, 0.15) is 12.4 Å². The second-order valence-corrected chi connectivity index (χ2v) is 10.8. The third-order valence-electron chi connectivity index (χ3n) is 5.49. The predicted octanol–water partition coefficient (Wildman–Crippen LogP) is 4.85. The third kappa shape index (κ3) is 5.21. The quantitative estimate of drug-likeness (QED) is 0.662. The number of amides is 1. The van der Waals surface area contributed by atoms with Crippen LogP contribution in [0.1, 0.15) is 46.6 Å². The number of carbonyl (C=O) groups is 1. The topological polar surface area (TPSA) is 75.7 Å². The summed E-state index contributed by atoms with van der Waals surface area (Å²) in [5.74, 6) is 0.983. The maximum Gasteiger partial charge on any atom is 0.261 e. The number of rotatable bonds is 7. The van der Waals surface area contributed by atoms with Crippen molar-refractivity contribution in [3.63, 3.8) is 0 Å². The van der Waals surface area contributed by atoms with Crippen LogP contribution in [-0.2, 0) is 21.2 Å². The molecule has 1 amide bonds. The second kappa shape index (κ2) is 8.91. The van der Waals surface area contributed by atoms with E-state index in [1.54, 1.807) is 35.2 Å². The SMILES string of the molecule is CCc1ccc(S(=O)(=O)Nc2ccc3c(c2)N(CCC(C)C)C(=O)C(C)(C)CO3)cc1. The molecule has 0 saturated heterocycles. The molecule has 3 rings (SSSR count). The number of carbonyl (C=O) groups excluding carboxylic acids is 1. The van der Waals surface area contributed by atoms with Gasteiger partial charge in [-0.05, 0) is 68.5 Å². The van der Waals surface area contributed by atoms with E-state index in [0.29, 0.717) is 29.6 Å². The number of benzene rings is 2. The standard InChI is InChI=1S/C24H32N2O4S/c1-6-18-7-10-20(11-8-18)31(28,29)25-19-9-12-22-21(15-19)26(14-13-17(2)3)23(27)24(4,5)16-30-22/h7-12,15,17,25H,6,13-14,16H2,1-5H3. The number of sulfonamides is 1. The highest BCUT2D eigenvalue weighted by Gasteiger charge is 2.37. The predicted molar refractivity (Wildman–Crippen MR) is 124 cm³/mol. The molecule has 1 heterocycles. The maximum absolute atomic E-state index is 13.2. The van der Waals surface area contributed by atoms with Crippen molar-refractivity contribution in [2.45, 2.75) is 52.4 Å². The molecule has 1 aliphatic rings. The lowest BCUT2D eigenvalue weighted by Gasteiger charge is -2.28. The van der Waals surface area contributed by atoms with Crippen molar-refractivity contribution in [2.24, 2.45) is 11.3 Å². The average Bonchev–Trinajstić information content (AvgIpc) is 2.81. The number of ether oxygens (including phenoxy) is 1. The molecular formula is C24H32N2O4S. The molecule has 31 heavy (non-hydrogen) atoms. The molecule has 0 aliphatic carbocycles. The molecule has 0 saturated carbocycles. The van der Waals surface area contributed by atoms with E-state index in [4.69, 9.17) is 4.74 Å². The van der Waals surface area contributed by atoms with Crippen molar-refractivity contribution in [1.29, 1.82) is 0 Å². The smallest absolute Gasteiger partial charge is 0.261 e. The Bertz CT molecular complexity index is 1040. The minimum absolute atomic E-state index is 0.0259. The Labute approximate surface area is 185 Å². The van der Waals surface area contributed by atoms with E-state index < -0.39 is 15.4 Å². The zero-order valence-corrected chi connectivity index (χ0v) is 19.8. The summed E-state index contributed by atoms with van der Waals surface area (Å²) >= 11 is 0. The van der Waals surface area contributed by atoms with Crippen LogP contribution < -0.4 is 14.4 Å². The van der Waals surface area contributed by atoms with Crippen molar-refractivity contribution < 1.29 is 17.9 Å². The maximum atomic E-state index is 13.2. The zero-order chi connectivity index (χ0) is 22.8. The molecule has 7 heteroatoms. The number of hydrogen-bond donors (Lipinski definition) is 1. The van der Waals surface area contributed by atoms with Crippen molar-refractivity contribution in [3.05, 3.63) is 48.0 Å². The van der Waals surface area contributed by atoms with Gasteiger partial charge in [0.25, 0.3) is 10.0 Å². The van der Waals surface area contributed by atoms with Crippen molar-refractivity contribution in [1.82, 2.24) is 0 Å². The summed E-state index contributed by atoms with van der Waals surface area (Å²) in [6.45, 7) is 10.8. The van der Waals surface area contributed by atoms with Gasteiger partial charge in [-0.2, -0.15) is 0 Å². The first-order valence-corrected chi connectivity index (χ1v) is 12.2. The lowest BCUT2D eigenvalue weighted by atomic mass is 9.92. The molecule has 2 aromatic rings. The Hall–Kier alpha value is -2.54. The first kappa shape index (κ1) is 23.1. The third-order valence-corrected chi connectivity index (χ3v) is 6.88. The van der Waals surface area contributed by atoms with E-state index in [9.17, 15) is 13.2 Å². The van der Waals surface area contributed by atoms with Crippen LogP contribution in [0.5, 0.6) is 5.75 Å². The molecule has 6 nitrogen and oxygen atoms in total. The monoisotopic (exact) mass is 444 g/mol. The molecule has 0 fully saturated rings. The van der Waals surface area contributed by atoms with E-state index >= 15 is 0 Å². The summed E-state index contributed by atoms with van der Waals surface area (Å²) in [6.07, 6.45) is 1.68. The number of aryl methyl sites for hydroxylation is 1. The zero-order valence-electron chi connectivity index (χ0n) is 18.9. The van der Waals surface area contributed by atoms with Crippen LogP contribution >= 0.6 is 0 Å². The van der Waals surface area contributed by atoms with Gasteiger partial charge in [0.15, 0.2) is 0 Å². The number of hydrogen-bond acceptors (Lipinski definition) is 4. The molecule has 168 valence electrons. The Morgan fingerprint density at radius 2 is 1.81 bits per heavy atom. The average molecular weight is 445 g/mol. The summed E-state index contributed by atoms with van der Waals surface area (Å²) in [5.41, 5.74) is 1.39. The Kier molecular flexibility index (Phi) is 6.65. The fourth-order valence-corrected chi connectivity index (χ4v) is 4.49. The largest absolute Gasteiger partial charge is 0.490 e.